The average Bonchev–Trinajstić information content (AvgIpc) is 3.01. The SMILES string of the molecule is O=C(CN1CCNCC1c1cccnc1)NC1CCCC1. The van der Waals surface area contributed by atoms with Gasteiger partial charge < -0.3 is 10.6 Å². The molecule has 1 amide bonds. The summed E-state index contributed by atoms with van der Waals surface area (Å²) in [5.74, 6) is 0.165. The highest BCUT2D eigenvalue weighted by atomic mass is 16.2. The van der Waals surface area contributed by atoms with E-state index in [9.17, 15) is 4.79 Å². The predicted octanol–water partition coefficient (Wildman–Crippen LogP) is 1.09. The van der Waals surface area contributed by atoms with Crippen molar-refractivity contribution in [2.75, 3.05) is 26.2 Å². The first-order chi connectivity index (χ1) is 10.3. The molecule has 1 unspecified atom stereocenters. The molecule has 2 N–H and O–H groups in total. The van der Waals surface area contributed by atoms with Crippen LogP contribution in [0.4, 0.5) is 0 Å². The molecule has 1 saturated carbocycles. The molecule has 5 nitrogen and oxygen atoms in total. The van der Waals surface area contributed by atoms with Crippen LogP contribution in [0.2, 0.25) is 0 Å². The summed E-state index contributed by atoms with van der Waals surface area (Å²) in [4.78, 5) is 18.7. The van der Waals surface area contributed by atoms with E-state index in [2.05, 4.69) is 26.6 Å². The van der Waals surface area contributed by atoms with Crippen LogP contribution in [0.15, 0.2) is 24.5 Å². The van der Waals surface area contributed by atoms with Gasteiger partial charge in [-0.2, -0.15) is 0 Å². The van der Waals surface area contributed by atoms with Crippen molar-refractivity contribution < 1.29 is 4.79 Å². The van der Waals surface area contributed by atoms with Gasteiger partial charge in [0.15, 0.2) is 0 Å². The molecule has 2 fully saturated rings. The minimum Gasteiger partial charge on any atom is -0.352 e. The summed E-state index contributed by atoms with van der Waals surface area (Å²) in [6, 6.07) is 4.69. The first-order valence-electron chi connectivity index (χ1n) is 7.97. The molecule has 1 aromatic rings. The van der Waals surface area contributed by atoms with E-state index in [1.54, 1.807) is 6.20 Å². The lowest BCUT2D eigenvalue weighted by Gasteiger charge is -2.36. The number of carbonyl (C=O) groups is 1. The normalized spacial score (nSPS) is 24.1. The molecule has 3 rings (SSSR count). The van der Waals surface area contributed by atoms with Crippen LogP contribution in [0.5, 0.6) is 0 Å². The smallest absolute Gasteiger partial charge is 0.234 e. The number of hydrogen-bond donors (Lipinski definition) is 2. The van der Waals surface area contributed by atoms with Crippen molar-refractivity contribution in [2.45, 2.75) is 37.8 Å². The van der Waals surface area contributed by atoms with Gasteiger partial charge in [-0.05, 0) is 24.5 Å². The second-order valence-corrected chi connectivity index (χ2v) is 6.03. The number of aromatic nitrogens is 1. The number of amides is 1. The van der Waals surface area contributed by atoms with E-state index in [1.165, 1.54) is 18.4 Å². The van der Waals surface area contributed by atoms with Crippen molar-refractivity contribution in [1.82, 2.24) is 20.5 Å². The minimum absolute atomic E-state index is 0.165. The highest BCUT2D eigenvalue weighted by Gasteiger charge is 2.26. The Bertz CT molecular complexity index is 459. The molecular weight excluding hydrogens is 264 g/mol. The van der Waals surface area contributed by atoms with Gasteiger partial charge in [0, 0.05) is 44.1 Å². The third kappa shape index (κ3) is 3.80. The number of nitrogens with zero attached hydrogens (tertiary/aromatic N) is 2. The summed E-state index contributed by atoms with van der Waals surface area (Å²) >= 11 is 0. The number of nitrogens with one attached hydrogen (secondary N) is 2. The molecule has 5 heteroatoms. The summed E-state index contributed by atoms with van der Waals surface area (Å²) in [5, 5.41) is 6.59. The molecule has 2 aliphatic rings. The Labute approximate surface area is 126 Å². The van der Waals surface area contributed by atoms with Crippen molar-refractivity contribution in [3.05, 3.63) is 30.1 Å². The van der Waals surface area contributed by atoms with Gasteiger partial charge >= 0.3 is 0 Å². The zero-order chi connectivity index (χ0) is 14.5. The lowest BCUT2D eigenvalue weighted by molar-refractivity contribution is -0.123. The van der Waals surface area contributed by atoms with Gasteiger partial charge in [-0.3, -0.25) is 14.7 Å². The third-order valence-corrected chi connectivity index (χ3v) is 4.49. The second kappa shape index (κ2) is 7.00. The van der Waals surface area contributed by atoms with E-state index in [0.29, 0.717) is 12.6 Å². The van der Waals surface area contributed by atoms with E-state index in [-0.39, 0.29) is 11.9 Å². The Morgan fingerprint density at radius 3 is 3.05 bits per heavy atom. The van der Waals surface area contributed by atoms with Crippen LogP contribution in [-0.2, 0) is 4.79 Å². The Balaban J connectivity index is 1.60. The van der Waals surface area contributed by atoms with Crippen molar-refractivity contribution >= 4 is 5.91 Å². The number of pyridine rings is 1. The van der Waals surface area contributed by atoms with Crippen molar-refractivity contribution in [1.29, 1.82) is 0 Å². The van der Waals surface area contributed by atoms with Gasteiger partial charge in [0.25, 0.3) is 0 Å². The Kier molecular flexibility index (Phi) is 4.83. The zero-order valence-electron chi connectivity index (χ0n) is 12.4. The molecule has 0 aromatic carbocycles. The van der Waals surface area contributed by atoms with E-state index in [4.69, 9.17) is 0 Å². The largest absolute Gasteiger partial charge is 0.352 e. The van der Waals surface area contributed by atoms with Crippen LogP contribution in [0.1, 0.15) is 37.3 Å². The van der Waals surface area contributed by atoms with Crippen LogP contribution < -0.4 is 10.6 Å². The van der Waals surface area contributed by atoms with Crippen molar-refractivity contribution in [2.24, 2.45) is 0 Å². The number of carbonyl (C=O) groups excluding carboxylic acids is 1. The molecule has 21 heavy (non-hydrogen) atoms. The zero-order valence-corrected chi connectivity index (χ0v) is 12.4. The second-order valence-electron chi connectivity index (χ2n) is 6.03. The fourth-order valence-electron chi connectivity index (χ4n) is 3.37. The molecule has 1 atom stereocenters. The monoisotopic (exact) mass is 288 g/mol. The number of rotatable bonds is 4. The molecule has 1 saturated heterocycles. The van der Waals surface area contributed by atoms with Crippen molar-refractivity contribution in [3.8, 4) is 0 Å². The Hall–Kier alpha value is -1.46. The van der Waals surface area contributed by atoms with Crippen LogP contribution in [0, 0.1) is 0 Å². The van der Waals surface area contributed by atoms with Crippen LogP contribution in [0.25, 0.3) is 0 Å². The van der Waals surface area contributed by atoms with Crippen LogP contribution in [-0.4, -0.2) is 48.0 Å². The summed E-state index contributed by atoms with van der Waals surface area (Å²) in [5.41, 5.74) is 1.18. The molecule has 0 bridgehead atoms. The molecule has 0 spiro atoms. The van der Waals surface area contributed by atoms with Crippen LogP contribution in [0.3, 0.4) is 0 Å². The molecule has 1 aliphatic heterocycles. The van der Waals surface area contributed by atoms with Gasteiger partial charge in [0.1, 0.15) is 0 Å². The van der Waals surface area contributed by atoms with E-state index in [0.717, 1.165) is 32.5 Å². The third-order valence-electron chi connectivity index (χ3n) is 4.49. The van der Waals surface area contributed by atoms with Gasteiger partial charge in [0.05, 0.1) is 6.54 Å². The van der Waals surface area contributed by atoms with Gasteiger partial charge in [-0.15, -0.1) is 0 Å². The molecule has 0 radical (unpaired) electrons. The predicted molar refractivity (Wildman–Crippen MR) is 81.8 cm³/mol. The number of hydrogen-bond acceptors (Lipinski definition) is 4. The van der Waals surface area contributed by atoms with E-state index < -0.39 is 0 Å². The fourth-order valence-corrected chi connectivity index (χ4v) is 3.37. The molecule has 1 aromatic heterocycles. The maximum Gasteiger partial charge on any atom is 0.234 e. The van der Waals surface area contributed by atoms with E-state index in [1.807, 2.05) is 12.3 Å². The Morgan fingerprint density at radius 1 is 1.43 bits per heavy atom. The quantitative estimate of drug-likeness (QED) is 0.871. The standard InChI is InChI=1S/C16H24N4O/c21-16(19-14-5-1-2-6-14)12-20-9-8-18-11-15(20)13-4-3-7-17-10-13/h3-4,7,10,14-15,18H,1-2,5-6,8-9,11-12H2,(H,19,21). The summed E-state index contributed by atoms with van der Waals surface area (Å²) in [6.45, 7) is 3.20. The van der Waals surface area contributed by atoms with E-state index >= 15 is 0 Å². The fraction of sp³-hybridized carbons (Fsp3) is 0.625. The lowest BCUT2D eigenvalue weighted by atomic mass is 10.1. The van der Waals surface area contributed by atoms with Gasteiger partial charge in [-0.25, -0.2) is 0 Å². The maximum atomic E-state index is 12.3. The molecule has 2 heterocycles. The topological polar surface area (TPSA) is 57.3 Å². The summed E-state index contributed by atoms with van der Waals surface area (Å²) in [6.07, 6.45) is 8.46. The average molecular weight is 288 g/mol. The minimum atomic E-state index is 0.165. The highest BCUT2D eigenvalue weighted by molar-refractivity contribution is 5.78. The summed E-state index contributed by atoms with van der Waals surface area (Å²) in [7, 11) is 0. The van der Waals surface area contributed by atoms with Crippen molar-refractivity contribution in [3.63, 3.8) is 0 Å². The molecule has 114 valence electrons. The molecular formula is C16H24N4O. The number of piperazine rings is 1. The molecule has 1 aliphatic carbocycles. The maximum absolute atomic E-state index is 12.3. The Morgan fingerprint density at radius 2 is 2.29 bits per heavy atom. The summed E-state index contributed by atoms with van der Waals surface area (Å²) < 4.78 is 0. The highest BCUT2D eigenvalue weighted by Crippen LogP contribution is 2.21. The van der Waals surface area contributed by atoms with Gasteiger partial charge in [-0.1, -0.05) is 18.9 Å². The van der Waals surface area contributed by atoms with Gasteiger partial charge in [0.2, 0.25) is 5.91 Å². The van der Waals surface area contributed by atoms with Crippen LogP contribution >= 0.6 is 0 Å². The lowest BCUT2D eigenvalue weighted by Crippen LogP contribution is -2.50. The first-order valence-corrected chi connectivity index (χ1v) is 7.97. The first kappa shape index (κ1) is 14.5.